The highest BCUT2D eigenvalue weighted by molar-refractivity contribution is 14.0. The Labute approximate surface area is 134 Å². The van der Waals surface area contributed by atoms with Crippen molar-refractivity contribution in [3.63, 3.8) is 0 Å². The molecule has 0 aromatic heterocycles. The Balaban J connectivity index is 0. The number of hydrogen-bond acceptors (Lipinski definition) is 2. The van der Waals surface area contributed by atoms with Crippen LogP contribution < -0.4 is 10.6 Å². The van der Waals surface area contributed by atoms with Gasteiger partial charge in [-0.15, -0.1) is 24.0 Å². The van der Waals surface area contributed by atoms with Gasteiger partial charge in [0, 0.05) is 19.6 Å². The van der Waals surface area contributed by atoms with Crippen LogP contribution in [0.15, 0.2) is 4.99 Å². The zero-order chi connectivity index (χ0) is 12.9. The number of nitrogens with zero attached hydrogens (tertiary/aromatic N) is 1. The highest BCUT2D eigenvalue weighted by Crippen LogP contribution is 1.99. The summed E-state index contributed by atoms with van der Waals surface area (Å²) in [4.78, 5) is 4.57. The highest BCUT2D eigenvalue weighted by atomic mass is 127. The molecule has 0 atom stereocenters. The van der Waals surface area contributed by atoms with Gasteiger partial charge in [-0.1, -0.05) is 13.8 Å². The first-order chi connectivity index (χ1) is 8.20. The van der Waals surface area contributed by atoms with Gasteiger partial charge in [-0.2, -0.15) is 11.8 Å². The van der Waals surface area contributed by atoms with E-state index in [0.29, 0.717) is 0 Å². The summed E-state index contributed by atoms with van der Waals surface area (Å²) in [6, 6.07) is 0. The van der Waals surface area contributed by atoms with Crippen LogP contribution in [0.1, 0.15) is 40.0 Å². The van der Waals surface area contributed by atoms with Gasteiger partial charge < -0.3 is 10.6 Å². The van der Waals surface area contributed by atoms with E-state index >= 15 is 0 Å². The first kappa shape index (κ1) is 20.7. The summed E-state index contributed by atoms with van der Waals surface area (Å²) < 4.78 is 0. The molecule has 0 aromatic carbocycles. The number of hydrogen-bond donors (Lipinski definition) is 2. The molecule has 0 saturated heterocycles. The Morgan fingerprint density at radius 1 is 1.22 bits per heavy atom. The summed E-state index contributed by atoms with van der Waals surface area (Å²) in [6.45, 7) is 9.46. The molecule has 0 unspecified atom stereocenters. The van der Waals surface area contributed by atoms with E-state index in [2.05, 4.69) is 42.7 Å². The molecule has 18 heavy (non-hydrogen) atoms. The fourth-order valence-corrected chi connectivity index (χ4v) is 1.86. The van der Waals surface area contributed by atoms with Crippen molar-refractivity contribution in [2.45, 2.75) is 40.0 Å². The van der Waals surface area contributed by atoms with E-state index in [-0.39, 0.29) is 24.0 Å². The predicted octanol–water partition coefficient (Wildman–Crippen LogP) is 3.35. The topological polar surface area (TPSA) is 36.4 Å². The second-order valence-corrected chi connectivity index (χ2v) is 5.56. The van der Waals surface area contributed by atoms with Crippen LogP contribution in [-0.4, -0.2) is 37.6 Å². The lowest BCUT2D eigenvalue weighted by atomic mass is 10.1. The van der Waals surface area contributed by atoms with Crippen molar-refractivity contribution in [1.82, 2.24) is 10.6 Å². The van der Waals surface area contributed by atoms with Crippen LogP contribution in [0, 0.1) is 5.92 Å². The SMILES string of the molecule is CCNC(=NCCCCSC)NCCC(C)C.I. The minimum absolute atomic E-state index is 0. The van der Waals surface area contributed by atoms with E-state index < -0.39 is 0 Å². The summed E-state index contributed by atoms with van der Waals surface area (Å²) in [5.74, 6) is 2.96. The molecule has 0 fully saturated rings. The average molecular weight is 387 g/mol. The van der Waals surface area contributed by atoms with Crippen LogP contribution in [0.5, 0.6) is 0 Å². The van der Waals surface area contributed by atoms with Crippen LogP contribution in [-0.2, 0) is 0 Å². The molecule has 0 spiro atoms. The van der Waals surface area contributed by atoms with Crippen molar-refractivity contribution in [2.24, 2.45) is 10.9 Å². The minimum atomic E-state index is 0. The number of halogens is 1. The predicted molar refractivity (Wildman–Crippen MR) is 96.5 cm³/mol. The maximum absolute atomic E-state index is 4.57. The molecular formula is C13H30IN3S. The smallest absolute Gasteiger partial charge is 0.191 e. The van der Waals surface area contributed by atoms with E-state index in [1.165, 1.54) is 25.0 Å². The maximum atomic E-state index is 4.57. The lowest BCUT2D eigenvalue weighted by Crippen LogP contribution is -2.38. The summed E-state index contributed by atoms with van der Waals surface area (Å²) in [7, 11) is 0. The summed E-state index contributed by atoms with van der Waals surface area (Å²) in [5, 5.41) is 6.66. The Hall–Kier alpha value is 0.350. The van der Waals surface area contributed by atoms with E-state index in [1.807, 2.05) is 11.8 Å². The highest BCUT2D eigenvalue weighted by Gasteiger charge is 1.97. The molecule has 0 bridgehead atoms. The molecule has 0 saturated carbocycles. The fourth-order valence-electron chi connectivity index (χ4n) is 1.37. The van der Waals surface area contributed by atoms with Gasteiger partial charge in [-0.3, -0.25) is 4.99 Å². The van der Waals surface area contributed by atoms with Crippen molar-refractivity contribution in [1.29, 1.82) is 0 Å². The number of nitrogens with one attached hydrogen (secondary N) is 2. The van der Waals surface area contributed by atoms with Gasteiger partial charge in [0.25, 0.3) is 0 Å². The van der Waals surface area contributed by atoms with Gasteiger partial charge >= 0.3 is 0 Å². The number of rotatable bonds is 9. The van der Waals surface area contributed by atoms with Crippen molar-refractivity contribution >= 4 is 41.7 Å². The van der Waals surface area contributed by atoms with Crippen LogP contribution in [0.2, 0.25) is 0 Å². The van der Waals surface area contributed by atoms with Gasteiger partial charge in [0.2, 0.25) is 0 Å². The van der Waals surface area contributed by atoms with E-state index in [1.54, 1.807) is 0 Å². The molecule has 0 heterocycles. The van der Waals surface area contributed by atoms with Crippen LogP contribution >= 0.6 is 35.7 Å². The number of unbranched alkanes of at least 4 members (excludes halogenated alkanes) is 1. The quantitative estimate of drug-likeness (QED) is 0.276. The fraction of sp³-hybridized carbons (Fsp3) is 0.923. The van der Waals surface area contributed by atoms with E-state index in [0.717, 1.165) is 31.5 Å². The second-order valence-electron chi connectivity index (χ2n) is 4.57. The Morgan fingerprint density at radius 3 is 2.50 bits per heavy atom. The number of guanidine groups is 1. The van der Waals surface area contributed by atoms with Crippen molar-refractivity contribution < 1.29 is 0 Å². The minimum Gasteiger partial charge on any atom is -0.357 e. The molecule has 2 N–H and O–H groups in total. The first-order valence-electron chi connectivity index (χ1n) is 6.71. The first-order valence-corrected chi connectivity index (χ1v) is 8.11. The lowest BCUT2D eigenvalue weighted by molar-refractivity contribution is 0.573. The molecule has 0 aliphatic rings. The largest absolute Gasteiger partial charge is 0.357 e. The Kier molecular flexibility index (Phi) is 17.7. The van der Waals surface area contributed by atoms with Crippen LogP contribution in [0.3, 0.4) is 0 Å². The summed E-state index contributed by atoms with van der Waals surface area (Å²) >= 11 is 1.91. The normalized spacial score (nSPS) is 11.3. The monoisotopic (exact) mass is 387 g/mol. The van der Waals surface area contributed by atoms with Gasteiger partial charge in [0.15, 0.2) is 5.96 Å². The lowest BCUT2D eigenvalue weighted by Gasteiger charge is -2.12. The van der Waals surface area contributed by atoms with Crippen LogP contribution in [0.4, 0.5) is 0 Å². The van der Waals surface area contributed by atoms with Gasteiger partial charge in [0.05, 0.1) is 0 Å². The molecule has 0 amide bonds. The molecule has 0 aliphatic carbocycles. The zero-order valence-electron chi connectivity index (χ0n) is 12.3. The maximum Gasteiger partial charge on any atom is 0.191 e. The van der Waals surface area contributed by atoms with Crippen molar-refractivity contribution in [2.75, 3.05) is 31.6 Å². The van der Waals surface area contributed by atoms with Crippen molar-refractivity contribution in [3.8, 4) is 0 Å². The summed E-state index contributed by atoms with van der Waals surface area (Å²) in [5.41, 5.74) is 0. The third-order valence-electron chi connectivity index (χ3n) is 2.38. The average Bonchev–Trinajstić information content (AvgIpc) is 2.28. The van der Waals surface area contributed by atoms with Crippen LogP contribution in [0.25, 0.3) is 0 Å². The molecule has 5 heteroatoms. The Bertz CT molecular complexity index is 199. The Morgan fingerprint density at radius 2 is 1.94 bits per heavy atom. The molecule has 0 aliphatic heterocycles. The van der Waals surface area contributed by atoms with E-state index in [4.69, 9.17) is 0 Å². The second kappa shape index (κ2) is 15.4. The third kappa shape index (κ3) is 14.4. The van der Waals surface area contributed by atoms with Crippen molar-refractivity contribution in [3.05, 3.63) is 0 Å². The molecule has 3 nitrogen and oxygen atoms in total. The standard InChI is InChI=1S/C13H29N3S.HI/c1-5-14-13(16-10-8-12(2)3)15-9-6-7-11-17-4;/h12H,5-11H2,1-4H3,(H2,14,15,16);1H. The zero-order valence-corrected chi connectivity index (χ0v) is 15.4. The molecular weight excluding hydrogens is 357 g/mol. The van der Waals surface area contributed by atoms with Gasteiger partial charge in [-0.25, -0.2) is 0 Å². The molecule has 0 aromatic rings. The molecule has 110 valence electrons. The van der Waals surface area contributed by atoms with Gasteiger partial charge in [-0.05, 0) is 44.1 Å². The summed E-state index contributed by atoms with van der Waals surface area (Å²) in [6.07, 6.45) is 5.79. The molecule has 0 rings (SSSR count). The number of thioether (sulfide) groups is 1. The molecule has 0 radical (unpaired) electrons. The van der Waals surface area contributed by atoms with E-state index in [9.17, 15) is 0 Å². The third-order valence-corrected chi connectivity index (χ3v) is 3.08. The van der Waals surface area contributed by atoms with Gasteiger partial charge in [0.1, 0.15) is 0 Å². The number of aliphatic imine (C=N–C) groups is 1.